The largest absolute Gasteiger partial charge is 0.496 e. The Morgan fingerprint density at radius 3 is 2.84 bits per heavy atom. The van der Waals surface area contributed by atoms with Crippen molar-refractivity contribution in [2.45, 2.75) is 19.9 Å². The third-order valence-electron chi connectivity index (χ3n) is 2.82. The zero-order chi connectivity index (χ0) is 13.7. The Kier molecular flexibility index (Phi) is 4.30. The molecule has 0 aliphatic heterocycles. The Bertz CT molecular complexity index is 557. The van der Waals surface area contributed by atoms with Crippen molar-refractivity contribution >= 4 is 11.5 Å². The molecule has 0 radical (unpaired) electrons. The van der Waals surface area contributed by atoms with Gasteiger partial charge in [0.05, 0.1) is 13.7 Å². The summed E-state index contributed by atoms with van der Waals surface area (Å²) in [4.78, 5) is 8.37. The molecule has 1 heterocycles. The molecule has 0 amide bonds. The minimum Gasteiger partial charge on any atom is -0.496 e. The van der Waals surface area contributed by atoms with Crippen LogP contribution < -0.4 is 15.8 Å². The standard InChI is InChI=1S/C14H18N4O/c1-3-10-8-11(4-5-12(10)19-2)17-13-6-7-16-14(9-15)18-13/h4-8H,3,9,15H2,1-2H3,(H,16,17,18). The van der Waals surface area contributed by atoms with Gasteiger partial charge in [-0.1, -0.05) is 6.92 Å². The monoisotopic (exact) mass is 258 g/mol. The highest BCUT2D eigenvalue weighted by molar-refractivity contribution is 5.59. The van der Waals surface area contributed by atoms with Gasteiger partial charge in [-0.15, -0.1) is 0 Å². The minimum absolute atomic E-state index is 0.332. The summed E-state index contributed by atoms with van der Waals surface area (Å²) >= 11 is 0. The van der Waals surface area contributed by atoms with Crippen LogP contribution in [0.4, 0.5) is 11.5 Å². The molecular weight excluding hydrogens is 240 g/mol. The molecule has 0 unspecified atom stereocenters. The molecule has 5 heteroatoms. The highest BCUT2D eigenvalue weighted by Crippen LogP contribution is 2.24. The third-order valence-corrected chi connectivity index (χ3v) is 2.82. The first-order valence-corrected chi connectivity index (χ1v) is 6.22. The number of nitrogens with zero attached hydrogens (tertiary/aromatic N) is 2. The quantitative estimate of drug-likeness (QED) is 0.860. The van der Waals surface area contributed by atoms with Crippen molar-refractivity contribution in [2.75, 3.05) is 12.4 Å². The molecule has 0 atom stereocenters. The van der Waals surface area contributed by atoms with Crippen molar-refractivity contribution in [1.82, 2.24) is 9.97 Å². The molecule has 0 aliphatic rings. The van der Waals surface area contributed by atoms with E-state index in [1.165, 1.54) is 0 Å². The van der Waals surface area contributed by atoms with Crippen molar-refractivity contribution < 1.29 is 4.74 Å². The molecule has 0 saturated carbocycles. The molecule has 5 nitrogen and oxygen atoms in total. The van der Waals surface area contributed by atoms with Crippen molar-refractivity contribution in [2.24, 2.45) is 5.73 Å². The molecule has 0 spiro atoms. The van der Waals surface area contributed by atoms with Gasteiger partial charge in [0.25, 0.3) is 0 Å². The SMILES string of the molecule is CCc1cc(Nc2ccnc(CN)n2)ccc1OC. The Morgan fingerprint density at radius 2 is 2.16 bits per heavy atom. The average molecular weight is 258 g/mol. The Labute approximate surface area is 112 Å². The second-order valence-corrected chi connectivity index (χ2v) is 4.07. The van der Waals surface area contributed by atoms with E-state index >= 15 is 0 Å². The summed E-state index contributed by atoms with van der Waals surface area (Å²) < 4.78 is 5.31. The number of hydrogen-bond donors (Lipinski definition) is 2. The van der Waals surface area contributed by atoms with Gasteiger partial charge in [0.1, 0.15) is 17.4 Å². The fourth-order valence-corrected chi connectivity index (χ4v) is 1.85. The van der Waals surface area contributed by atoms with Gasteiger partial charge in [0, 0.05) is 11.9 Å². The predicted octanol–water partition coefficient (Wildman–Crippen LogP) is 2.25. The third kappa shape index (κ3) is 3.20. The summed E-state index contributed by atoms with van der Waals surface area (Å²) in [6.07, 6.45) is 2.61. The van der Waals surface area contributed by atoms with Gasteiger partial charge in [-0.2, -0.15) is 0 Å². The van der Waals surface area contributed by atoms with Crippen LogP contribution in [-0.4, -0.2) is 17.1 Å². The topological polar surface area (TPSA) is 73.1 Å². The molecule has 2 aromatic rings. The number of benzene rings is 1. The number of nitrogens with two attached hydrogens (primary N) is 1. The van der Waals surface area contributed by atoms with Crippen LogP contribution >= 0.6 is 0 Å². The Balaban J connectivity index is 2.22. The van der Waals surface area contributed by atoms with E-state index in [1.807, 2.05) is 18.2 Å². The van der Waals surface area contributed by atoms with Crippen molar-refractivity contribution in [1.29, 1.82) is 0 Å². The van der Waals surface area contributed by atoms with Crippen LogP contribution in [-0.2, 0) is 13.0 Å². The zero-order valence-corrected chi connectivity index (χ0v) is 11.2. The number of anilines is 2. The predicted molar refractivity (Wildman–Crippen MR) is 75.6 cm³/mol. The first kappa shape index (κ1) is 13.3. The van der Waals surface area contributed by atoms with Crippen molar-refractivity contribution in [3.63, 3.8) is 0 Å². The van der Waals surface area contributed by atoms with Gasteiger partial charge in [-0.3, -0.25) is 0 Å². The molecule has 100 valence electrons. The Morgan fingerprint density at radius 1 is 1.32 bits per heavy atom. The number of aromatic nitrogens is 2. The molecule has 1 aromatic heterocycles. The summed E-state index contributed by atoms with van der Waals surface area (Å²) in [7, 11) is 1.68. The fourth-order valence-electron chi connectivity index (χ4n) is 1.85. The molecule has 1 aromatic carbocycles. The lowest BCUT2D eigenvalue weighted by molar-refractivity contribution is 0.410. The summed E-state index contributed by atoms with van der Waals surface area (Å²) in [5.74, 6) is 2.26. The van der Waals surface area contributed by atoms with Crippen LogP contribution in [0.15, 0.2) is 30.5 Å². The van der Waals surface area contributed by atoms with Gasteiger partial charge < -0.3 is 15.8 Å². The molecule has 19 heavy (non-hydrogen) atoms. The van der Waals surface area contributed by atoms with Gasteiger partial charge >= 0.3 is 0 Å². The van der Waals surface area contributed by atoms with Gasteiger partial charge in [-0.05, 0) is 36.2 Å². The lowest BCUT2D eigenvalue weighted by atomic mass is 10.1. The number of methoxy groups -OCH3 is 1. The lowest BCUT2D eigenvalue weighted by Gasteiger charge is -2.11. The van der Waals surface area contributed by atoms with Crippen LogP contribution in [0, 0.1) is 0 Å². The highest BCUT2D eigenvalue weighted by atomic mass is 16.5. The van der Waals surface area contributed by atoms with Crippen LogP contribution in [0.3, 0.4) is 0 Å². The van der Waals surface area contributed by atoms with Gasteiger partial charge in [-0.25, -0.2) is 9.97 Å². The van der Waals surface area contributed by atoms with Crippen LogP contribution in [0.1, 0.15) is 18.3 Å². The highest BCUT2D eigenvalue weighted by Gasteiger charge is 2.04. The maximum Gasteiger partial charge on any atom is 0.144 e. The molecule has 0 bridgehead atoms. The van der Waals surface area contributed by atoms with E-state index in [2.05, 4.69) is 28.3 Å². The molecule has 0 fully saturated rings. The van der Waals surface area contributed by atoms with E-state index in [-0.39, 0.29) is 0 Å². The maximum atomic E-state index is 5.53. The maximum absolute atomic E-state index is 5.53. The average Bonchev–Trinajstić information content (AvgIpc) is 2.47. The Hall–Kier alpha value is -2.14. The number of ether oxygens (including phenoxy) is 1. The molecule has 2 rings (SSSR count). The molecule has 3 N–H and O–H groups in total. The normalized spacial score (nSPS) is 10.3. The number of aryl methyl sites for hydroxylation is 1. The number of nitrogens with one attached hydrogen (secondary N) is 1. The van der Waals surface area contributed by atoms with E-state index < -0.39 is 0 Å². The second-order valence-electron chi connectivity index (χ2n) is 4.07. The number of rotatable bonds is 5. The smallest absolute Gasteiger partial charge is 0.144 e. The van der Waals surface area contributed by atoms with E-state index in [9.17, 15) is 0 Å². The first-order valence-electron chi connectivity index (χ1n) is 6.22. The van der Waals surface area contributed by atoms with E-state index in [0.717, 1.165) is 29.2 Å². The van der Waals surface area contributed by atoms with E-state index in [4.69, 9.17) is 10.5 Å². The summed E-state index contributed by atoms with van der Waals surface area (Å²) in [6.45, 7) is 2.43. The molecular formula is C14H18N4O. The zero-order valence-electron chi connectivity index (χ0n) is 11.2. The number of hydrogen-bond acceptors (Lipinski definition) is 5. The summed E-state index contributed by atoms with van der Waals surface area (Å²) in [6, 6.07) is 7.78. The lowest BCUT2D eigenvalue weighted by Crippen LogP contribution is -2.04. The molecule has 0 aliphatic carbocycles. The molecule has 0 saturated heterocycles. The van der Waals surface area contributed by atoms with E-state index in [0.29, 0.717) is 12.4 Å². The fraction of sp³-hybridized carbons (Fsp3) is 0.286. The van der Waals surface area contributed by atoms with Crippen molar-refractivity contribution in [3.8, 4) is 5.75 Å². The van der Waals surface area contributed by atoms with Gasteiger partial charge in [0.15, 0.2) is 0 Å². The summed E-state index contributed by atoms with van der Waals surface area (Å²) in [5, 5.41) is 3.24. The summed E-state index contributed by atoms with van der Waals surface area (Å²) in [5.41, 5.74) is 7.65. The second kappa shape index (κ2) is 6.15. The van der Waals surface area contributed by atoms with Gasteiger partial charge in [0.2, 0.25) is 0 Å². The van der Waals surface area contributed by atoms with E-state index in [1.54, 1.807) is 13.3 Å². The van der Waals surface area contributed by atoms with Crippen LogP contribution in [0.2, 0.25) is 0 Å². The first-order chi connectivity index (χ1) is 9.26. The van der Waals surface area contributed by atoms with Crippen LogP contribution in [0.25, 0.3) is 0 Å². The van der Waals surface area contributed by atoms with Crippen LogP contribution in [0.5, 0.6) is 5.75 Å². The minimum atomic E-state index is 0.332. The van der Waals surface area contributed by atoms with Crippen molar-refractivity contribution in [3.05, 3.63) is 41.9 Å².